The number of ketones is 1. The molecule has 1 amide bonds. The van der Waals surface area contributed by atoms with Crippen LogP contribution in [0, 0.1) is 19.7 Å². The molecule has 0 fully saturated rings. The third-order valence-electron chi connectivity index (χ3n) is 4.71. The molecule has 1 N–H and O–H groups in total. The van der Waals surface area contributed by atoms with Crippen LogP contribution in [0.1, 0.15) is 43.0 Å². The molecule has 0 saturated carbocycles. The van der Waals surface area contributed by atoms with E-state index in [2.05, 4.69) is 15.0 Å². The van der Waals surface area contributed by atoms with Crippen molar-refractivity contribution in [3.63, 3.8) is 0 Å². The number of aryl methyl sites for hydroxylation is 2. The number of aromatic nitrogens is 1. The minimum atomic E-state index is -5.07. The van der Waals surface area contributed by atoms with E-state index < -0.39 is 53.7 Å². The highest BCUT2D eigenvalue weighted by molar-refractivity contribution is 6.07. The zero-order valence-electron chi connectivity index (χ0n) is 21.5. The smallest absolute Gasteiger partial charge is 0.493 e. The fraction of sp³-hybridized carbons (Fsp3) is 0.208. The highest BCUT2D eigenvalue weighted by Crippen LogP contribution is 2.38. The first-order valence-corrected chi connectivity index (χ1v) is 9.89. The summed E-state index contributed by atoms with van der Waals surface area (Å²) in [7, 11) is -3.10. The van der Waals surface area contributed by atoms with Crippen molar-refractivity contribution < 1.29 is 45.5 Å². The molecule has 35 heavy (non-hydrogen) atoms. The number of benzene rings is 2. The van der Waals surface area contributed by atoms with Gasteiger partial charge < -0.3 is 19.5 Å². The van der Waals surface area contributed by atoms with Crippen LogP contribution in [0.3, 0.4) is 0 Å². The van der Waals surface area contributed by atoms with Crippen LogP contribution in [0.4, 0.5) is 23.2 Å². The highest BCUT2D eigenvalue weighted by atomic mass is 19.4. The van der Waals surface area contributed by atoms with Crippen molar-refractivity contribution in [1.29, 1.82) is 0 Å². The number of pyridine rings is 1. The number of amides is 1. The molecule has 1 aromatic heterocycles. The minimum absolute atomic E-state index is 0.0553. The number of ether oxygens (including phenoxy) is 3. The lowest BCUT2D eigenvalue weighted by molar-refractivity contribution is -0.274. The molecule has 11 heteroatoms. The van der Waals surface area contributed by atoms with Crippen molar-refractivity contribution in [1.82, 2.24) is 4.98 Å². The summed E-state index contributed by atoms with van der Waals surface area (Å²) in [6.45, 7) is 4.26. The minimum Gasteiger partial charge on any atom is -0.493 e. The molecule has 0 aliphatic carbocycles. The third-order valence-corrected chi connectivity index (χ3v) is 4.71. The Morgan fingerprint density at radius 3 is 2.40 bits per heavy atom. The quantitative estimate of drug-likeness (QED) is 0.320. The molecule has 0 radical (unpaired) electrons. The van der Waals surface area contributed by atoms with Crippen LogP contribution in [-0.4, -0.2) is 30.1 Å². The normalized spacial score (nSPS) is 12.7. The Balaban J connectivity index is 2.04. The number of alkyl halides is 3. The average molecular weight is 495 g/mol. The number of rotatable bonds is 7. The number of carbonyl (C=O) groups excluding carboxylic acids is 2. The van der Waals surface area contributed by atoms with Gasteiger partial charge in [0.05, 0.1) is 11.2 Å². The Morgan fingerprint density at radius 2 is 1.74 bits per heavy atom. The summed E-state index contributed by atoms with van der Waals surface area (Å²) >= 11 is 0. The lowest BCUT2D eigenvalue weighted by Crippen LogP contribution is -2.17. The molecule has 7 nitrogen and oxygen atoms in total. The molecule has 0 unspecified atom stereocenters. The van der Waals surface area contributed by atoms with Gasteiger partial charge in [-0.25, -0.2) is 4.39 Å². The molecule has 1 heterocycles. The van der Waals surface area contributed by atoms with Gasteiger partial charge in [-0.1, -0.05) is 6.07 Å². The summed E-state index contributed by atoms with van der Waals surface area (Å²) in [6, 6.07) is 6.16. The lowest BCUT2D eigenvalue weighted by Gasteiger charge is -2.17. The van der Waals surface area contributed by atoms with Crippen LogP contribution in [-0.2, 0) is 0 Å². The standard InChI is InChI=1S/C24H20F4N2O5/c1-12-5-7-19(34-18-8-6-15(9-20(18)33-4)35-24(26,27)28)21(22(12)25)23(32)30-16-10-17(14(3)31)29-11-13(16)2/h5-11H,1-4H3,(H,29,30,32)/i4D3. The van der Waals surface area contributed by atoms with Gasteiger partial charge in [-0.15, -0.1) is 13.2 Å². The lowest BCUT2D eigenvalue weighted by atomic mass is 10.1. The SMILES string of the molecule is [2H]C([2H])([2H])Oc1cc(OC(F)(F)F)ccc1Oc1ccc(C)c(F)c1C(=O)Nc1cc(C(C)=O)ncc1C. The zero-order valence-corrected chi connectivity index (χ0v) is 18.5. The number of nitrogens with zero attached hydrogens (tertiary/aromatic N) is 1. The Labute approximate surface area is 201 Å². The third kappa shape index (κ3) is 6.05. The molecule has 0 saturated heterocycles. The van der Waals surface area contributed by atoms with Gasteiger partial charge in [-0.05, 0) is 49.2 Å². The second-order valence-electron chi connectivity index (χ2n) is 7.32. The molecule has 184 valence electrons. The van der Waals surface area contributed by atoms with Crippen molar-refractivity contribution >= 4 is 17.4 Å². The molecule has 0 aliphatic rings. The molecular weight excluding hydrogens is 472 g/mol. The van der Waals surface area contributed by atoms with Gasteiger partial charge in [0.2, 0.25) is 0 Å². The summed E-state index contributed by atoms with van der Waals surface area (Å²) in [4.78, 5) is 28.8. The van der Waals surface area contributed by atoms with Crippen molar-refractivity contribution in [2.45, 2.75) is 27.1 Å². The summed E-state index contributed by atoms with van der Waals surface area (Å²) in [6.07, 6.45) is -3.72. The van der Waals surface area contributed by atoms with Gasteiger partial charge in [0.1, 0.15) is 28.6 Å². The van der Waals surface area contributed by atoms with Crippen LogP contribution in [0.25, 0.3) is 0 Å². The van der Waals surface area contributed by atoms with Gasteiger partial charge >= 0.3 is 6.36 Å². The number of carbonyl (C=O) groups is 2. The van der Waals surface area contributed by atoms with Gasteiger partial charge in [0.15, 0.2) is 17.3 Å². The van der Waals surface area contributed by atoms with Crippen molar-refractivity contribution in [2.75, 3.05) is 12.4 Å². The van der Waals surface area contributed by atoms with E-state index in [4.69, 9.17) is 13.6 Å². The summed E-state index contributed by atoms with van der Waals surface area (Å²) in [5.41, 5.74) is 0.154. The Morgan fingerprint density at radius 1 is 1.03 bits per heavy atom. The summed E-state index contributed by atoms with van der Waals surface area (Å²) < 4.78 is 89.1. The number of methoxy groups -OCH3 is 1. The Hall–Kier alpha value is -4.15. The van der Waals surface area contributed by atoms with Gasteiger partial charge in [0, 0.05) is 24.9 Å². The van der Waals surface area contributed by atoms with Crippen molar-refractivity contribution in [3.8, 4) is 23.0 Å². The van der Waals surface area contributed by atoms with Crippen molar-refractivity contribution in [3.05, 3.63) is 70.8 Å². The molecule has 3 rings (SSSR count). The molecular formula is C24H20F4N2O5. The Kier molecular flexibility index (Phi) is 6.11. The number of hydrogen-bond donors (Lipinski definition) is 1. The molecule has 2 aromatic carbocycles. The topological polar surface area (TPSA) is 86.8 Å². The monoisotopic (exact) mass is 495 g/mol. The second-order valence-corrected chi connectivity index (χ2v) is 7.32. The van der Waals surface area contributed by atoms with Crippen LogP contribution < -0.4 is 19.5 Å². The maximum Gasteiger partial charge on any atom is 0.573 e. The van der Waals surface area contributed by atoms with E-state index in [1.165, 1.54) is 38.2 Å². The maximum atomic E-state index is 15.2. The first-order valence-electron chi connectivity index (χ1n) is 11.4. The van der Waals surface area contributed by atoms with Crippen LogP contribution in [0.15, 0.2) is 42.6 Å². The van der Waals surface area contributed by atoms with E-state index in [1.54, 1.807) is 6.92 Å². The zero-order chi connectivity index (χ0) is 28.4. The largest absolute Gasteiger partial charge is 0.573 e. The predicted molar refractivity (Wildman–Crippen MR) is 118 cm³/mol. The van der Waals surface area contributed by atoms with Gasteiger partial charge in [0.25, 0.3) is 5.91 Å². The first kappa shape index (κ1) is 21.4. The number of nitrogens with one attached hydrogen (secondary N) is 1. The van der Waals surface area contributed by atoms with E-state index in [0.717, 1.165) is 12.1 Å². The number of Topliss-reactive ketones (excluding diaryl/α,β-unsaturated/α-hetero) is 1. The number of halogens is 4. The molecule has 3 aromatic rings. The summed E-state index contributed by atoms with van der Waals surface area (Å²) in [5.74, 6) is -4.65. The van der Waals surface area contributed by atoms with Gasteiger partial charge in [-0.2, -0.15) is 0 Å². The number of anilines is 1. The van der Waals surface area contributed by atoms with Crippen LogP contribution in [0.5, 0.6) is 23.0 Å². The van der Waals surface area contributed by atoms with E-state index in [1.807, 2.05) is 0 Å². The highest BCUT2D eigenvalue weighted by Gasteiger charge is 2.31. The van der Waals surface area contributed by atoms with Crippen LogP contribution in [0.2, 0.25) is 0 Å². The van der Waals surface area contributed by atoms with E-state index >= 15 is 4.39 Å². The average Bonchev–Trinajstić information content (AvgIpc) is 2.77. The predicted octanol–water partition coefficient (Wildman–Crippen LogP) is 5.99. The molecule has 0 aliphatic heterocycles. The maximum absolute atomic E-state index is 15.2. The summed E-state index contributed by atoms with van der Waals surface area (Å²) in [5, 5.41) is 2.49. The molecule has 0 bridgehead atoms. The fourth-order valence-electron chi connectivity index (χ4n) is 2.96. The van der Waals surface area contributed by atoms with E-state index in [-0.39, 0.29) is 22.7 Å². The second kappa shape index (κ2) is 10.00. The number of hydrogen-bond acceptors (Lipinski definition) is 6. The molecule has 0 spiro atoms. The first-order chi connectivity index (χ1) is 17.5. The van der Waals surface area contributed by atoms with Gasteiger partial charge in [-0.3, -0.25) is 14.6 Å². The van der Waals surface area contributed by atoms with Crippen molar-refractivity contribution in [2.24, 2.45) is 0 Å². The van der Waals surface area contributed by atoms with E-state index in [0.29, 0.717) is 11.6 Å². The fourth-order valence-corrected chi connectivity index (χ4v) is 2.96. The molecule has 0 atom stereocenters. The van der Waals surface area contributed by atoms with Crippen LogP contribution >= 0.6 is 0 Å². The van der Waals surface area contributed by atoms with E-state index in [9.17, 15) is 22.8 Å². The Bertz CT molecular complexity index is 1390.